The fourth-order valence-electron chi connectivity index (χ4n) is 2.85. The van der Waals surface area contributed by atoms with Gasteiger partial charge in [-0.15, -0.1) is 0 Å². The lowest BCUT2D eigenvalue weighted by Crippen LogP contribution is -2.05. The van der Waals surface area contributed by atoms with Crippen LogP contribution in [0.5, 0.6) is 5.75 Å². The summed E-state index contributed by atoms with van der Waals surface area (Å²) in [6.45, 7) is 2.06. The largest absolute Gasteiger partial charge is 0.497 e. The molecule has 0 fully saturated rings. The molecule has 128 valence electrons. The maximum absolute atomic E-state index is 8.42. The summed E-state index contributed by atoms with van der Waals surface area (Å²) in [6, 6.07) is 17.6. The van der Waals surface area contributed by atoms with E-state index < -0.39 is 0 Å². The van der Waals surface area contributed by atoms with Crippen LogP contribution in [0.1, 0.15) is 16.8 Å². The van der Waals surface area contributed by atoms with Crippen LogP contribution in [0.25, 0.3) is 16.9 Å². The molecule has 0 saturated carbocycles. The second kappa shape index (κ2) is 6.44. The first-order valence-corrected chi connectivity index (χ1v) is 8.30. The van der Waals surface area contributed by atoms with Crippen molar-refractivity contribution < 1.29 is 4.74 Å². The minimum Gasteiger partial charge on any atom is -0.497 e. The van der Waals surface area contributed by atoms with Gasteiger partial charge >= 0.3 is 0 Å². The SMILES string of the molecule is COc1ccc(C(=N)c2cnc3c(ccn3-c3ccc(C)cc3)n2)cc1. The first-order valence-electron chi connectivity index (χ1n) is 8.30. The summed E-state index contributed by atoms with van der Waals surface area (Å²) in [6.07, 6.45) is 3.61. The Morgan fingerprint density at radius 3 is 2.42 bits per heavy atom. The molecule has 1 N–H and O–H groups in total. The Morgan fingerprint density at radius 2 is 1.73 bits per heavy atom. The van der Waals surface area contributed by atoms with E-state index in [1.807, 2.05) is 41.1 Å². The molecule has 5 nitrogen and oxygen atoms in total. The summed E-state index contributed by atoms with van der Waals surface area (Å²) < 4.78 is 7.17. The van der Waals surface area contributed by atoms with Crippen LogP contribution in [-0.4, -0.2) is 27.4 Å². The van der Waals surface area contributed by atoms with Gasteiger partial charge < -0.3 is 4.74 Å². The molecule has 0 atom stereocenters. The highest BCUT2D eigenvalue weighted by Crippen LogP contribution is 2.19. The van der Waals surface area contributed by atoms with Crippen molar-refractivity contribution in [2.24, 2.45) is 0 Å². The van der Waals surface area contributed by atoms with Crippen molar-refractivity contribution in [3.63, 3.8) is 0 Å². The number of nitrogens with zero attached hydrogens (tertiary/aromatic N) is 3. The number of aromatic nitrogens is 3. The summed E-state index contributed by atoms with van der Waals surface area (Å²) in [5.41, 5.74) is 5.46. The maximum Gasteiger partial charge on any atom is 0.163 e. The number of ether oxygens (including phenoxy) is 1. The van der Waals surface area contributed by atoms with Gasteiger partial charge in [0.1, 0.15) is 17.0 Å². The van der Waals surface area contributed by atoms with E-state index in [2.05, 4.69) is 41.2 Å². The van der Waals surface area contributed by atoms with Crippen molar-refractivity contribution in [1.29, 1.82) is 5.41 Å². The van der Waals surface area contributed by atoms with Gasteiger partial charge in [-0.25, -0.2) is 9.97 Å². The van der Waals surface area contributed by atoms with Crippen molar-refractivity contribution in [3.8, 4) is 11.4 Å². The zero-order valence-corrected chi connectivity index (χ0v) is 14.6. The second-order valence-corrected chi connectivity index (χ2v) is 6.09. The Kier molecular flexibility index (Phi) is 3.97. The Hall–Kier alpha value is -3.47. The van der Waals surface area contributed by atoms with Gasteiger partial charge in [-0.05, 0) is 49.4 Å². The molecular weight excluding hydrogens is 324 g/mol. The Labute approximate surface area is 151 Å². The summed E-state index contributed by atoms with van der Waals surface area (Å²) >= 11 is 0. The van der Waals surface area contributed by atoms with Crippen LogP contribution in [-0.2, 0) is 0 Å². The van der Waals surface area contributed by atoms with Gasteiger partial charge in [0.05, 0.1) is 19.0 Å². The molecule has 26 heavy (non-hydrogen) atoms. The topological polar surface area (TPSA) is 63.8 Å². The van der Waals surface area contributed by atoms with E-state index >= 15 is 0 Å². The van der Waals surface area contributed by atoms with E-state index in [1.165, 1.54) is 5.56 Å². The van der Waals surface area contributed by atoms with Crippen LogP contribution < -0.4 is 4.74 Å². The number of hydrogen-bond acceptors (Lipinski definition) is 4. The van der Waals surface area contributed by atoms with Crippen LogP contribution in [0.4, 0.5) is 0 Å². The minimum absolute atomic E-state index is 0.338. The number of rotatable bonds is 4. The molecule has 0 bridgehead atoms. The monoisotopic (exact) mass is 342 g/mol. The number of benzene rings is 2. The highest BCUT2D eigenvalue weighted by Gasteiger charge is 2.11. The highest BCUT2D eigenvalue weighted by molar-refractivity contribution is 6.10. The number of hydrogen-bond donors (Lipinski definition) is 1. The number of methoxy groups -OCH3 is 1. The molecule has 0 spiro atoms. The Bertz CT molecular complexity index is 1080. The molecule has 0 amide bonds. The van der Waals surface area contributed by atoms with Gasteiger partial charge in [0, 0.05) is 17.4 Å². The van der Waals surface area contributed by atoms with Crippen molar-refractivity contribution in [2.45, 2.75) is 6.92 Å². The maximum atomic E-state index is 8.42. The molecule has 2 aromatic heterocycles. The zero-order chi connectivity index (χ0) is 18.1. The van der Waals surface area contributed by atoms with Crippen LogP contribution >= 0.6 is 0 Å². The van der Waals surface area contributed by atoms with Gasteiger partial charge in [0.2, 0.25) is 0 Å². The predicted octanol–water partition coefficient (Wildman–Crippen LogP) is 4.15. The number of nitrogens with one attached hydrogen (secondary N) is 1. The summed E-state index contributed by atoms with van der Waals surface area (Å²) in [5, 5.41) is 8.42. The van der Waals surface area contributed by atoms with E-state index in [4.69, 9.17) is 10.1 Å². The van der Waals surface area contributed by atoms with Gasteiger partial charge in [-0.3, -0.25) is 9.98 Å². The normalized spacial score (nSPS) is 10.8. The first kappa shape index (κ1) is 16.0. The van der Waals surface area contributed by atoms with E-state index in [-0.39, 0.29) is 0 Å². The smallest absolute Gasteiger partial charge is 0.163 e. The van der Waals surface area contributed by atoms with Gasteiger partial charge in [0.25, 0.3) is 0 Å². The van der Waals surface area contributed by atoms with Crippen LogP contribution in [0.2, 0.25) is 0 Å². The second-order valence-electron chi connectivity index (χ2n) is 6.09. The molecule has 5 heteroatoms. The highest BCUT2D eigenvalue weighted by atomic mass is 16.5. The molecular formula is C21H18N4O. The van der Waals surface area contributed by atoms with Crippen LogP contribution in [0.15, 0.2) is 67.0 Å². The van der Waals surface area contributed by atoms with E-state index in [9.17, 15) is 0 Å². The van der Waals surface area contributed by atoms with Gasteiger partial charge in [-0.2, -0.15) is 0 Å². The van der Waals surface area contributed by atoms with Gasteiger partial charge in [-0.1, -0.05) is 17.7 Å². The number of fused-ring (bicyclic) bond motifs is 1. The molecule has 0 saturated heterocycles. The molecule has 0 aliphatic heterocycles. The summed E-state index contributed by atoms with van der Waals surface area (Å²) in [5.74, 6) is 0.762. The lowest BCUT2D eigenvalue weighted by Gasteiger charge is -2.07. The average Bonchev–Trinajstić information content (AvgIpc) is 3.11. The average molecular weight is 342 g/mol. The van der Waals surface area contributed by atoms with E-state index in [1.54, 1.807) is 13.3 Å². The third-order valence-corrected chi connectivity index (χ3v) is 4.34. The lowest BCUT2D eigenvalue weighted by atomic mass is 10.1. The fourth-order valence-corrected chi connectivity index (χ4v) is 2.85. The van der Waals surface area contributed by atoms with Gasteiger partial charge in [0.15, 0.2) is 5.65 Å². The molecule has 0 radical (unpaired) electrons. The number of aryl methyl sites for hydroxylation is 1. The third kappa shape index (κ3) is 2.84. The molecule has 0 aliphatic carbocycles. The van der Waals surface area contributed by atoms with E-state index in [0.29, 0.717) is 11.4 Å². The van der Waals surface area contributed by atoms with Crippen LogP contribution in [0, 0.1) is 12.3 Å². The van der Waals surface area contributed by atoms with Crippen molar-refractivity contribution in [3.05, 3.63) is 83.8 Å². The van der Waals surface area contributed by atoms with Crippen molar-refractivity contribution in [1.82, 2.24) is 14.5 Å². The fraction of sp³-hybridized carbons (Fsp3) is 0.0952. The Balaban J connectivity index is 1.70. The predicted molar refractivity (Wildman–Crippen MR) is 103 cm³/mol. The standard InChI is InChI=1S/C21H18N4O/c1-14-3-7-16(8-4-14)25-12-11-18-21(25)23-13-19(24-18)20(22)15-5-9-17(26-2)10-6-15/h3-13,22H,1-2H3. The first-order chi connectivity index (χ1) is 12.7. The lowest BCUT2D eigenvalue weighted by molar-refractivity contribution is 0.415. The third-order valence-electron chi connectivity index (χ3n) is 4.34. The molecule has 0 unspecified atom stereocenters. The zero-order valence-electron chi connectivity index (χ0n) is 14.6. The molecule has 4 rings (SSSR count). The molecule has 0 aliphatic rings. The van der Waals surface area contributed by atoms with Crippen LogP contribution in [0.3, 0.4) is 0 Å². The molecule has 2 heterocycles. The quantitative estimate of drug-likeness (QED) is 0.567. The Morgan fingerprint density at radius 1 is 1.00 bits per heavy atom. The summed E-state index contributed by atoms with van der Waals surface area (Å²) in [7, 11) is 1.62. The molecule has 4 aromatic rings. The summed E-state index contributed by atoms with van der Waals surface area (Å²) in [4.78, 5) is 9.17. The van der Waals surface area contributed by atoms with Crippen molar-refractivity contribution >= 4 is 16.9 Å². The van der Waals surface area contributed by atoms with E-state index in [0.717, 1.165) is 28.2 Å². The minimum atomic E-state index is 0.338. The molecule has 2 aromatic carbocycles. The van der Waals surface area contributed by atoms with Crippen molar-refractivity contribution in [2.75, 3.05) is 7.11 Å².